The summed E-state index contributed by atoms with van der Waals surface area (Å²) in [4.78, 5) is 30.1. The molecule has 0 saturated heterocycles. The van der Waals surface area contributed by atoms with Crippen molar-refractivity contribution in [3.63, 3.8) is 0 Å². The van der Waals surface area contributed by atoms with Crippen LogP contribution in [0.15, 0.2) is 59.4 Å². The third-order valence-electron chi connectivity index (χ3n) is 4.79. The summed E-state index contributed by atoms with van der Waals surface area (Å²) in [7, 11) is 1.59. The van der Waals surface area contributed by atoms with Gasteiger partial charge in [0, 0.05) is 5.56 Å². The number of amides is 1. The number of alkyl halides is 1. The third-order valence-corrected chi connectivity index (χ3v) is 5.03. The summed E-state index contributed by atoms with van der Waals surface area (Å²) in [6.45, 7) is 1.77. The molecule has 7 nitrogen and oxygen atoms in total. The van der Waals surface area contributed by atoms with Gasteiger partial charge in [0.1, 0.15) is 17.3 Å². The molecule has 0 radical (unpaired) electrons. The first kappa shape index (κ1) is 19.7. The molecule has 2 N–H and O–H groups in total. The Bertz CT molecular complexity index is 1280. The van der Waals surface area contributed by atoms with E-state index in [1.165, 1.54) is 4.52 Å². The first-order chi connectivity index (χ1) is 14.5. The molecule has 152 valence electrons. The highest BCUT2D eigenvalue weighted by Crippen LogP contribution is 2.31. The number of aromatic amines is 1. The summed E-state index contributed by atoms with van der Waals surface area (Å²) in [6.07, 6.45) is 0. The average Bonchev–Trinajstić information content (AvgIpc) is 3.13. The molecule has 2 heterocycles. The van der Waals surface area contributed by atoms with Crippen LogP contribution < -0.4 is 15.6 Å². The second kappa shape index (κ2) is 8.04. The van der Waals surface area contributed by atoms with Crippen LogP contribution in [0.2, 0.25) is 0 Å². The third kappa shape index (κ3) is 3.44. The van der Waals surface area contributed by atoms with E-state index in [0.717, 1.165) is 11.1 Å². The van der Waals surface area contributed by atoms with Gasteiger partial charge in [-0.2, -0.15) is 4.52 Å². The highest BCUT2D eigenvalue weighted by molar-refractivity contribution is 6.29. The van der Waals surface area contributed by atoms with Gasteiger partial charge in [-0.1, -0.05) is 42.5 Å². The molecular formula is C22H19ClN4O3. The molecule has 30 heavy (non-hydrogen) atoms. The molecule has 1 amide bonds. The zero-order valence-corrected chi connectivity index (χ0v) is 17.2. The van der Waals surface area contributed by atoms with Crippen LogP contribution in [0.25, 0.3) is 28.0 Å². The number of carbonyl (C=O) groups is 1. The molecule has 0 aliphatic heterocycles. The Hall–Kier alpha value is -3.58. The number of hydrogen-bond acceptors (Lipinski definition) is 4. The quantitative estimate of drug-likeness (QED) is 0.478. The van der Waals surface area contributed by atoms with E-state index in [9.17, 15) is 9.59 Å². The van der Waals surface area contributed by atoms with Gasteiger partial charge in [-0.3, -0.25) is 14.7 Å². The molecule has 0 fully saturated rings. The van der Waals surface area contributed by atoms with Gasteiger partial charge in [-0.25, -0.2) is 4.98 Å². The number of rotatable bonds is 5. The van der Waals surface area contributed by atoms with Crippen molar-refractivity contribution in [1.82, 2.24) is 14.6 Å². The van der Waals surface area contributed by atoms with Crippen molar-refractivity contribution >= 4 is 28.8 Å². The van der Waals surface area contributed by atoms with Crippen molar-refractivity contribution in [3.8, 4) is 28.1 Å². The molecule has 0 atom stereocenters. The molecule has 4 aromatic rings. The molecule has 0 aliphatic carbocycles. The number of H-pyrrole nitrogens is 1. The minimum Gasteiger partial charge on any atom is -0.497 e. The number of hydrogen-bond donors (Lipinski definition) is 2. The predicted octanol–water partition coefficient (Wildman–Crippen LogP) is 3.85. The lowest BCUT2D eigenvalue weighted by atomic mass is 10.1. The molecule has 2 aromatic carbocycles. The van der Waals surface area contributed by atoms with Gasteiger partial charge in [0.2, 0.25) is 5.91 Å². The number of aryl methyl sites for hydroxylation is 1. The zero-order valence-electron chi connectivity index (χ0n) is 16.4. The number of fused-ring (bicyclic) bond motifs is 1. The molecule has 0 aliphatic rings. The summed E-state index contributed by atoms with van der Waals surface area (Å²) in [6, 6.07) is 16.6. The fraction of sp³-hybridized carbons (Fsp3) is 0.136. The van der Waals surface area contributed by atoms with Crippen LogP contribution in [0.4, 0.5) is 5.69 Å². The van der Waals surface area contributed by atoms with Gasteiger partial charge in [0.15, 0.2) is 5.65 Å². The van der Waals surface area contributed by atoms with E-state index in [4.69, 9.17) is 16.3 Å². The topological polar surface area (TPSA) is 88.5 Å². The first-order valence-corrected chi connectivity index (χ1v) is 9.78. The average molecular weight is 423 g/mol. The monoisotopic (exact) mass is 422 g/mol. The van der Waals surface area contributed by atoms with Gasteiger partial charge < -0.3 is 10.1 Å². The Morgan fingerprint density at radius 2 is 1.83 bits per heavy atom. The number of aromatic nitrogens is 3. The second-order valence-electron chi connectivity index (χ2n) is 6.67. The van der Waals surface area contributed by atoms with Crippen LogP contribution in [0, 0.1) is 6.92 Å². The maximum atomic E-state index is 13.4. The predicted molar refractivity (Wildman–Crippen MR) is 117 cm³/mol. The van der Waals surface area contributed by atoms with Crippen molar-refractivity contribution in [3.05, 3.63) is 70.6 Å². The van der Waals surface area contributed by atoms with Crippen molar-refractivity contribution in [2.45, 2.75) is 6.92 Å². The second-order valence-corrected chi connectivity index (χ2v) is 6.94. The van der Waals surface area contributed by atoms with Gasteiger partial charge in [0.05, 0.1) is 24.1 Å². The van der Waals surface area contributed by atoms with Crippen molar-refractivity contribution < 1.29 is 9.53 Å². The summed E-state index contributed by atoms with van der Waals surface area (Å²) in [5, 5.41) is 5.87. The highest BCUT2D eigenvalue weighted by atomic mass is 35.5. The van der Waals surface area contributed by atoms with Gasteiger partial charge in [-0.15, -0.1) is 11.6 Å². The van der Waals surface area contributed by atoms with Crippen LogP contribution in [-0.4, -0.2) is 33.5 Å². The van der Waals surface area contributed by atoms with Gasteiger partial charge >= 0.3 is 0 Å². The molecular weight excluding hydrogens is 404 g/mol. The number of benzene rings is 2. The van der Waals surface area contributed by atoms with E-state index >= 15 is 0 Å². The number of ether oxygens (including phenoxy) is 1. The van der Waals surface area contributed by atoms with E-state index < -0.39 is 0 Å². The van der Waals surface area contributed by atoms with Crippen molar-refractivity contribution in [2.24, 2.45) is 0 Å². The minimum absolute atomic E-state index is 0.210. The number of carbonyl (C=O) groups excluding carboxylic acids is 1. The van der Waals surface area contributed by atoms with Gasteiger partial charge in [-0.05, 0) is 24.6 Å². The fourth-order valence-corrected chi connectivity index (χ4v) is 3.44. The standard InChI is InChI=1S/C22H19ClN4O3/c1-13-18(14-8-10-16(30-2)11-9-14)22(29)27-21(24-13)20(25-17(28)12-23)19(26-27)15-6-4-3-5-7-15/h3-11,26H,12H2,1-2H3,(H,25,28). The van der Waals surface area contributed by atoms with E-state index in [0.29, 0.717) is 34.0 Å². The Morgan fingerprint density at radius 1 is 1.13 bits per heavy atom. The number of nitrogens with one attached hydrogen (secondary N) is 2. The number of anilines is 1. The molecule has 0 saturated carbocycles. The SMILES string of the molecule is COc1ccc(-c2c(C)nc3c(NC(=O)CCl)c(-c4ccccc4)[nH]n3c2=O)cc1. The smallest absolute Gasteiger partial charge is 0.280 e. The first-order valence-electron chi connectivity index (χ1n) is 9.24. The molecule has 0 spiro atoms. The van der Waals surface area contributed by atoms with E-state index in [1.54, 1.807) is 26.2 Å². The Kier molecular flexibility index (Phi) is 5.29. The molecule has 4 rings (SSSR count). The zero-order chi connectivity index (χ0) is 21.3. The summed E-state index contributed by atoms with van der Waals surface area (Å²) < 4.78 is 6.54. The summed E-state index contributed by atoms with van der Waals surface area (Å²) >= 11 is 5.69. The maximum Gasteiger partial charge on any atom is 0.280 e. The van der Waals surface area contributed by atoms with Crippen LogP contribution in [0.3, 0.4) is 0 Å². The van der Waals surface area contributed by atoms with E-state index in [2.05, 4.69) is 15.4 Å². The molecule has 0 bridgehead atoms. The summed E-state index contributed by atoms with van der Waals surface area (Å²) in [5.74, 6) is 0.1000. The van der Waals surface area contributed by atoms with E-state index in [-0.39, 0.29) is 17.3 Å². The Labute approximate surface area is 177 Å². The van der Waals surface area contributed by atoms with Crippen LogP contribution >= 0.6 is 11.6 Å². The lowest BCUT2D eigenvalue weighted by Gasteiger charge is -2.08. The molecule has 0 unspecified atom stereocenters. The lowest BCUT2D eigenvalue weighted by Crippen LogP contribution is -2.20. The summed E-state index contributed by atoms with van der Waals surface area (Å²) in [5.41, 5.74) is 3.58. The number of methoxy groups -OCH3 is 1. The normalized spacial score (nSPS) is 10.9. The number of halogens is 1. The molecule has 2 aromatic heterocycles. The van der Waals surface area contributed by atoms with Crippen LogP contribution in [-0.2, 0) is 4.79 Å². The van der Waals surface area contributed by atoms with Crippen molar-refractivity contribution in [1.29, 1.82) is 0 Å². The van der Waals surface area contributed by atoms with Crippen LogP contribution in [0.5, 0.6) is 5.75 Å². The van der Waals surface area contributed by atoms with Crippen LogP contribution in [0.1, 0.15) is 5.69 Å². The highest BCUT2D eigenvalue weighted by Gasteiger charge is 2.21. The molecule has 8 heteroatoms. The Balaban J connectivity index is 1.97. The lowest BCUT2D eigenvalue weighted by molar-refractivity contribution is -0.113. The largest absolute Gasteiger partial charge is 0.497 e. The Morgan fingerprint density at radius 3 is 2.47 bits per heavy atom. The maximum absolute atomic E-state index is 13.4. The number of nitrogens with zero attached hydrogens (tertiary/aromatic N) is 2. The van der Waals surface area contributed by atoms with E-state index in [1.807, 2.05) is 42.5 Å². The fourth-order valence-electron chi connectivity index (χ4n) is 3.37. The van der Waals surface area contributed by atoms with Crippen molar-refractivity contribution in [2.75, 3.05) is 18.3 Å². The minimum atomic E-state index is -0.388. The van der Waals surface area contributed by atoms with Gasteiger partial charge in [0.25, 0.3) is 5.56 Å².